The SMILES string of the molecule is Cc1cc(NC(=O)c2ccc(S(=O)(=O)N3CCCCC3)cc2)ccc1N1CCCC1=O. The van der Waals surface area contributed by atoms with Crippen LogP contribution in [0.2, 0.25) is 0 Å². The molecule has 0 atom stereocenters. The molecule has 2 aliphatic heterocycles. The van der Waals surface area contributed by atoms with Crippen LogP contribution in [0.15, 0.2) is 47.4 Å². The van der Waals surface area contributed by atoms with Gasteiger partial charge in [-0.15, -0.1) is 0 Å². The van der Waals surface area contributed by atoms with Crippen LogP contribution in [-0.4, -0.2) is 44.2 Å². The van der Waals surface area contributed by atoms with Crippen LogP contribution in [-0.2, 0) is 14.8 Å². The highest BCUT2D eigenvalue weighted by atomic mass is 32.2. The topological polar surface area (TPSA) is 86.8 Å². The Morgan fingerprint density at radius 1 is 0.935 bits per heavy atom. The van der Waals surface area contributed by atoms with E-state index in [1.165, 1.54) is 28.6 Å². The third-order valence-electron chi connectivity index (χ3n) is 5.89. The molecule has 1 N–H and O–H groups in total. The lowest BCUT2D eigenvalue weighted by atomic mass is 10.1. The molecule has 2 aromatic rings. The van der Waals surface area contributed by atoms with Crippen molar-refractivity contribution in [2.45, 2.75) is 43.9 Å². The number of amides is 2. The maximum absolute atomic E-state index is 12.8. The van der Waals surface area contributed by atoms with Gasteiger partial charge in [0.2, 0.25) is 15.9 Å². The fourth-order valence-electron chi connectivity index (χ4n) is 4.17. The number of anilines is 2. The molecular formula is C23H27N3O4S. The zero-order valence-corrected chi connectivity index (χ0v) is 18.5. The summed E-state index contributed by atoms with van der Waals surface area (Å²) in [7, 11) is -3.52. The second kappa shape index (κ2) is 8.80. The number of nitrogens with one attached hydrogen (secondary N) is 1. The average molecular weight is 442 g/mol. The number of rotatable bonds is 5. The summed E-state index contributed by atoms with van der Waals surface area (Å²) in [4.78, 5) is 26.6. The summed E-state index contributed by atoms with van der Waals surface area (Å²) < 4.78 is 27.0. The second-order valence-electron chi connectivity index (χ2n) is 8.09. The predicted molar refractivity (Wildman–Crippen MR) is 120 cm³/mol. The molecule has 2 aliphatic rings. The maximum Gasteiger partial charge on any atom is 0.255 e. The van der Waals surface area contributed by atoms with Crippen molar-refractivity contribution in [1.82, 2.24) is 4.31 Å². The number of aryl methyl sites for hydroxylation is 1. The normalized spacial score (nSPS) is 17.7. The van der Waals surface area contributed by atoms with Gasteiger partial charge in [-0.1, -0.05) is 6.42 Å². The van der Waals surface area contributed by atoms with Crippen molar-refractivity contribution in [1.29, 1.82) is 0 Å². The Bertz CT molecular complexity index is 1090. The number of hydrogen-bond acceptors (Lipinski definition) is 4. The van der Waals surface area contributed by atoms with Crippen molar-refractivity contribution in [3.8, 4) is 0 Å². The van der Waals surface area contributed by atoms with Gasteiger partial charge in [-0.2, -0.15) is 4.31 Å². The first-order valence-corrected chi connectivity index (χ1v) is 12.1. The van der Waals surface area contributed by atoms with Crippen molar-refractivity contribution in [2.24, 2.45) is 0 Å². The van der Waals surface area contributed by atoms with Crippen LogP contribution >= 0.6 is 0 Å². The number of nitrogens with zero attached hydrogens (tertiary/aromatic N) is 2. The maximum atomic E-state index is 12.8. The molecule has 0 saturated carbocycles. The molecule has 0 aromatic heterocycles. The molecule has 0 aliphatic carbocycles. The van der Waals surface area contributed by atoms with Gasteiger partial charge in [-0.05, 0) is 74.2 Å². The van der Waals surface area contributed by atoms with Gasteiger partial charge in [0.1, 0.15) is 0 Å². The molecule has 2 heterocycles. The van der Waals surface area contributed by atoms with E-state index >= 15 is 0 Å². The van der Waals surface area contributed by atoms with E-state index in [0.29, 0.717) is 30.8 Å². The van der Waals surface area contributed by atoms with Gasteiger partial charge in [0.05, 0.1) is 4.90 Å². The number of sulfonamides is 1. The quantitative estimate of drug-likeness (QED) is 0.769. The Labute approximate surface area is 183 Å². The highest BCUT2D eigenvalue weighted by molar-refractivity contribution is 7.89. The van der Waals surface area contributed by atoms with E-state index in [-0.39, 0.29) is 16.7 Å². The standard InChI is InChI=1S/C23H27N3O4S/c1-17-16-19(9-12-21(17)26-15-5-6-22(26)27)24-23(28)18-7-10-20(11-8-18)31(29,30)25-13-3-2-4-14-25/h7-12,16H,2-6,13-15H2,1H3,(H,24,28). The first-order valence-electron chi connectivity index (χ1n) is 10.7. The van der Waals surface area contributed by atoms with E-state index in [0.717, 1.165) is 43.5 Å². The smallest absolute Gasteiger partial charge is 0.255 e. The van der Waals surface area contributed by atoms with Gasteiger partial charge in [0.25, 0.3) is 5.91 Å². The molecule has 31 heavy (non-hydrogen) atoms. The van der Waals surface area contributed by atoms with E-state index < -0.39 is 10.0 Å². The van der Waals surface area contributed by atoms with Gasteiger partial charge >= 0.3 is 0 Å². The molecule has 0 spiro atoms. The van der Waals surface area contributed by atoms with Crippen LogP contribution in [0.1, 0.15) is 48.0 Å². The van der Waals surface area contributed by atoms with E-state index in [9.17, 15) is 18.0 Å². The number of carbonyl (C=O) groups is 2. The Balaban J connectivity index is 1.45. The highest BCUT2D eigenvalue weighted by Gasteiger charge is 2.26. The molecule has 2 amide bonds. The fourth-order valence-corrected chi connectivity index (χ4v) is 5.69. The van der Waals surface area contributed by atoms with Crippen molar-refractivity contribution < 1.29 is 18.0 Å². The lowest BCUT2D eigenvalue weighted by Crippen LogP contribution is -2.35. The summed E-state index contributed by atoms with van der Waals surface area (Å²) in [5.74, 6) is -0.189. The third kappa shape index (κ3) is 4.50. The van der Waals surface area contributed by atoms with Crippen LogP contribution in [0.25, 0.3) is 0 Å². The van der Waals surface area contributed by atoms with Crippen LogP contribution in [0, 0.1) is 6.92 Å². The largest absolute Gasteiger partial charge is 0.322 e. The van der Waals surface area contributed by atoms with Crippen LogP contribution < -0.4 is 10.2 Å². The van der Waals surface area contributed by atoms with Crippen molar-refractivity contribution >= 4 is 33.2 Å². The van der Waals surface area contributed by atoms with Crippen LogP contribution in [0.5, 0.6) is 0 Å². The van der Waals surface area contributed by atoms with Gasteiger partial charge in [0.15, 0.2) is 0 Å². The zero-order valence-electron chi connectivity index (χ0n) is 17.6. The predicted octanol–water partition coefficient (Wildman–Crippen LogP) is 3.55. The molecule has 8 heteroatoms. The van der Waals surface area contributed by atoms with E-state index in [2.05, 4.69) is 5.32 Å². The fraction of sp³-hybridized carbons (Fsp3) is 0.391. The lowest BCUT2D eigenvalue weighted by molar-refractivity contribution is -0.117. The van der Waals surface area contributed by atoms with Crippen molar-refractivity contribution in [3.05, 3.63) is 53.6 Å². The molecule has 2 fully saturated rings. The summed E-state index contributed by atoms with van der Waals surface area (Å²) >= 11 is 0. The second-order valence-corrected chi connectivity index (χ2v) is 10.0. The first kappa shape index (κ1) is 21.5. The van der Waals surface area contributed by atoms with Crippen LogP contribution in [0.4, 0.5) is 11.4 Å². The van der Waals surface area contributed by atoms with Gasteiger partial charge < -0.3 is 10.2 Å². The molecule has 0 unspecified atom stereocenters. The molecule has 4 rings (SSSR count). The summed E-state index contributed by atoms with van der Waals surface area (Å²) in [5.41, 5.74) is 2.79. The van der Waals surface area contributed by atoms with Gasteiger partial charge in [0, 0.05) is 43.0 Å². The minimum absolute atomic E-state index is 0.125. The zero-order chi connectivity index (χ0) is 22.0. The number of piperidine rings is 1. The molecule has 7 nitrogen and oxygen atoms in total. The minimum Gasteiger partial charge on any atom is -0.322 e. The molecule has 0 bridgehead atoms. The number of carbonyl (C=O) groups excluding carboxylic acids is 2. The molecule has 2 aromatic carbocycles. The van der Waals surface area contributed by atoms with E-state index in [1.807, 2.05) is 19.1 Å². The first-order chi connectivity index (χ1) is 14.9. The lowest BCUT2D eigenvalue weighted by Gasteiger charge is -2.25. The molecular weight excluding hydrogens is 414 g/mol. The van der Waals surface area contributed by atoms with E-state index in [1.54, 1.807) is 11.0 Å². The molecule has 2 saturated heterocycles. The Kier molecular flexibility index (Phi) is 6.11. The summed E-state index contributed by atoms with van der Waals surface area (Å²) in [6, 6.07) is 11.5. The third-order valence-corrected chi connectivity index (χ3v) is 7.80. The van der Waals surface area contributed by atoms with Crippen molar-refractivity contribution in [2.75, 3.05) is 29.9 Å². The Morgan fingerprint density at radius 2 is 1.65 bits per heavy atom. The summed E-state index contributed by atoms with van der Waals surface area (Å²) in [6.07, 6.45) is 4.25. The highest BCUT2D eigenvalue weighted by Crippen LogP contribution is 2.28. The molecule has 164 valence electrons. The minimum atomic E-state index is -3.52. The number of benzene rings is 2. The van der Waals surface area contributed by atoms with Gasteiger partial charge in [-0.25, -0.2) is 8.42 Å². The average Bonchev–Trinajstić information content (AvgIpc) is 3.20. The monoisotopic (exact) mass is 441 g/mol. The Hall–Kier alpha value is -2.71. The van der Waals surface area contributed by atoms with Crippen LogP contribution in [0.3, 0.4) is 0 Å². The molecule has 0 radical (unpaired) electrons. The number of hydrogen-bond donors (Lipinski definition) is 1. The van der Waals surface area contributed by atoms with Crippen molar-refractivity contribution in [3.63, 3.8) is 0 Å². The van der Waals surface area contributed by atoms with Gasteiger partial charge in [-0.3, -0.25) is 9.59 Å². The summed E-state index contributed by atoms with van der Waals surface area (Å²) in [6.45, 7) is 3.72. The summed E-state index contributed by atoms with van der Waals surface area (Å²) in [5, 5.41) is 2.85. The van der Waals surface area contributed by atoms with E-state index in [4.69, 9.17) is 0 Å². The Morgan fingerprint density at radius 3 is 2.26 bits per heavy atom.